The fourth-order valence-corrected chi connectivity index (χ4v) is 6.19. The highest BCUT2D eigenvalue weighted by Crippen LogP contribution is 2.39. The lowest BCUT2D eigenvalue weighted by molar-refractivity contribution is 0.0682. The summed E-state index contributed by atoms with van der Waals surface area (Å²) < 4.78 is 25.7. The molecule has 0 aromatic heterocycles. The molecule has 4 nitrogen and oxygen atoms in total. The SMILES string of the molecule is O=S(=O)(Cc1ccccc1CN1[C@@H]2CC[C@H]1CC(CO)C2)c1ccccc1. The monoisotopic (exact) mass is 385 g/mol. The molecule has 0 radical (unpaired) electrons. The summed E-state index contributed by atoms with van der Waals surface area (Å²) >= 11 is 0. The van der Waals surface area contributed by atoms with Crippen LogP contribution in [0.15, 0.2) is 59.5 Å². The quantitative estimate of drug-likeness (QED) is 0.828. The van der Waals surface area contributed by atoms with Gasteiger partial charge in [-0.1, -0.05) is 42.5 Å². The summed E-state index contributed by atoms with van der Waals surface area (Å²) in [5.74, 6) is 0.461. The van der Waals surface area contributed by atoms with Gasteiger partial charge in [-0.05, 0) is 54.9 Å². The largest absolute Gasteiger partial charge is 0.396 e. The molecule has 144 valence electrons. The second-order valence-corrected chi connectivity index (χ2v) is 9.91. The van der Waals surface area contributed by atoms with Gasteiger partial charge in [-0.25, -0.2) is 8.42 Å². The van der Waals surface area contributed by atoms with Gasteiger partial charge in [0.05, 0.1) is 10.6 Å². The average molecular weight is 386 g/mol. The van der Waals surface area contributed by atoms with Gasteiger partial charge < -0.3 is 5.11 Å². The number of aliphatic hydroxyl groups excluding tert-OH is 1. The molecule has 2 aliphatic heterocycles. The van der Waals surface area contributed by atoms with Gasteiger partial charge in [0, 0.05) is 25.2 Å². The average Bonchev–Trinajstić information content (AvgIpc) is 2.91. The van der Waals surface area contributed by atoms with E-state index in [0.29, 0.717) is 22.9 Å². The normalized spacial score (nSPS) is 25.6. The van der Waals surface area contributed by atoms with Gasteiger partial charge in [-0.3, -0.25) is 4.90 Å². The molecule has 2 aromatic rings. The van der Waals surface area contributed by atoms with E-state index in [1.807, 2.05) is 24.3 Å². The minimum Gasteiger partial charge on any atom is -0.396 e. The summed E-state index contributed by atoms with van der Waals surface area (Å²) in [5.41, 5.74) is 2.00. The topological polar surface area (TPSA) is 57.6 Å². The number of sulfone groups is 1. The number of fused-ring (bicyclic) bond motifs is 2. The minimum absolute atomic E-state index is 0.0373. The highest BCUT2D eigenvalue weighted by Gasteiger charge is 2.40. The van der Waals surface area contributed by atoms with E-state index >= 15 is 0 Å². The van der Waals surface area contributed by atoms with Crippen LogP contribution in [0.5, 0.6) is 0 Å². The summed E-state index contributed by atoms with van der Waals surface area (Å²) in [6.45, 7) is 1.08. The van der Waals surface area contributed by atoms with Crippen molar-refractivity contribution in [1.29, 1.82) is 0 Å². The number of hydrogen-bond acceptors (Lipinski definition) is 4. The lowest BCUT2D eigenvalue weighted by Gasteiger charge is -2.38. The highest BCUT2D eigenvalue weighted by molar-refractivity contribution is 7.90. The predicted molar refractivity (Wildman–Crippen MR) is 106 cm³/mol. The fraction of sp³-hybridized carbons (Fsp3) is 0.455. The van der Waals surface area contributed by atoms with Crippen LogP contribution >= 0.6 is 0 Å². The van der Waals surface area contributed by atoms with Crippen molar-refractivity contribution in [3.63, 3.8) is 0 Å². The van der Waals surface area contributed by atoms with E-state index in [1.54, 1.807) is 24.3 Å². The molecular weight excluding hydrogens is 358 g/mol. The molecule has 2 aliphatic rings. The molecule has 2 fully saturated rings. The molecule has 27 heavy (non-hydrogen) atoms. The van der Waals surface area contributed by atoms with Crippen LogP contribution in [0.2, 0.25) is 0 Å². The Labute approximate surface area is 161 Å². The molecule has 2 aromatic carbocycles. The van der Waals surface area contributed by atoms with Gasteiger partial charge in [0.15, 0.2) is 9.84 Å². The fourth-order valence-electron chi connectivity index (χ4n) is 4.76. The van der Waals surface area contributed by atoms with Crippen molar-refractivity contribution < 1.29 is 13.5 Å². The predicted octanol–water partition coefficient (Wildman–Crippen LogP) is 3.40. The molecule has 5 heteroatoms. The molecule has 0 spiro atoms. The first-order valence-electron chi connectivity index (χ1n) is 9.78. The van der Waals surface area contributed by atoms with Gasteiger partial charge in [-0.2, -0.15) is 0 Å². The Balaban J connectivity index is 1.54. The Hall–Kier alpha value is -1.69. The van der Waals surface area contributed by atoms with Crippen molar-refractivity contribution >= 4 is 9.84 Å². The number of nitrogens with zero attached hydrogens (tertiary/aromatic N) is 1. The van der Waals surface area contributed by atoms with Gasteiger partial charge in [0.2, 0.25) is 0 Å². The maximum atomic E-state index is 12.8. The Kier molecular flexibility index (Phi) is 5.35. The van der Waals surface area contributed by atoms with Crippen LogP contribution in [-0.2, 0) is 22.1 Å². The summed E-state index contributed by atoms with van der Waals surface area (Å²) in [7, 11) is -3.35. The first-order valence-corrected chi connectivity index (χ1v) is 11.4. The molecule has 2 heterocycles. The van der Waals surface area contributed by atoms with Gasteiger partial charge >= 0.3 is 0 Å². The molecule has 0 aliphatic carbocycles. The number of benzene rings is 2. The van der Waals surface area contributed by atoms with Crippen LogP contribution in [-0.4, -0.2) is 37.1 Å². The summed E-state index contributed by atoms with van der Waals surface area (Å²) in [6.07, 6.45) is 4.48. The first-order chi connectivity index (χ1) is 13.1. The molecule has 0 amide bonds. The van der Waals surface area contributed by atoms with Crippen molar-refractivity contribution in [2.75, 3.05) is 6.61 Å². The van der Waals surface area contributed by atoms with E-state index in [2.05, 4.69) is 11.0 Å². The molecule has 1 unspecified atom stereocenters. The van der Waals surface area contributed by atoms with E-state index in [4.69, 9.17) is 0 Å². The minimum atomic E-state index is -3.35. The van der Waals surface area contributed by atoms with Crippen LogP contribution in [0.1, 0.15) is 36.8 Å². The zero-order valence-corrected chi connectivity index (χ0v) is 16.3. The van der Waals surface area contributed by atoms with Crippen molar-refractivity contribution in [3.8, 4) is 0 Å². The van der Waals surface area contributed by atoms with Gasteiger partial charge in [-0.15, -0.1) is 0 Å². The van der Waals surface area contributed by atoms with Crippen molar-refractivity contribution in [3.05, 3.63) is 65.7 Å². The summed E-state index contributed by atoms with van der Waals surface area (Å²) in [5, 5.41) is 9.53. The smallest absolute Gasteiger partial charge is 0.182 e. The second kappa shape index (κ2) is 7.74. The Morgan fingerprint density at radius 3 is 2.11 bits per heavy atom. The van der Waals surface area contributed by atoms with E-state index in [1.165, 1.54) is 12.8 Å². The Morgan fingerprint density at radius 1 is 0.889 bits per heavy atom. The third kappa shape index (κ3) is 3.96. The van der Waals surface area contributed by atoms with E-state index in [9.17, 15) is 13.5 Å². The Morgan fingerprint density at radius 2 is 1.48 bits per heavy atom. The number of piperidine rings is 1. The maximum Gasteiger partial charge on any atom is 0.182 e. The van der Waals surface area contributed by atoms with Crippen LogP contribution < -0.4 is 0 Å². The van der Waals surface area contributed by atoms with E-state index in [-0.39, 0.29) is 12.4 Å². The van der Waals surface area contributed by atoms with Crippen LogP contribution in [0.3, 0.4) is 0 Å². The molecule has 3 atom stereocenters. The third-order valence-electron chi connectivity index (χ3n) is 6.16. The van der Waals surface area contributed by atoms with Crippen LogP contribution in [0.4, 0.5) is 0 Å². The van der Waals surface area contributed by atoms with Crippen molar-refractivity contribution in [2.45, 2.75) is 55.0 Å². The molecule has 1 N–H and O–H groups in total. The lowest BCUT2D eigenvalue weighted by atomic mass is 9.91. The van der Waals surface area contributed by atoms with E-state index < -0.39 is 9.84 Å². The zero-order valence-electron chi connectivity index (χ0n) is 15.5. The maximum absolute atomic E-state index is 12.8. The Bertz CT molecular complexity index is 867. The second-order valence-electron chi connectivity index (χ2n) is 7.92. The van der Waals surface area contributed by atoms with E-state index in [0.717, 1.165) is 30.5 Å². The highest BCUT2D eigenvalue weighted by atomic mass is 32.2. The van der Waals surface area contributed by atoms with Gasteiger partial charge in [0.1, 0.15) is 0 Å². The number of hydrogen-bond donors (Lipinski definition) is 1. The van der Waals surface area contributed by atoms with Crippen LogP contribution in [0, 0.1) is 5.92 Å². The van der Waals surface area contributed by atoms with Crippen molar-refractivity contribution in [1.82, 2.24) is 4.90 Å². The molecule has 2 saturated heterocycles. The lowest BCUT2D eigenvalue weighted by Crippen LogP contribution is -2.43. The number of aliphatic hydroxyl groups is 1. The summed E-state index contributed by atoms with van der Waals surface area (Å²) in [6, 6.07) is 17.6. The molecular formula is C22H27NO3S. The van der Waals surface area contributed by atoms with Crippen LogP contribution in [0.25, 0.3) is 0 Å². The molecule has 4 rings (SSSR count). The molecule has 2 bridgehead atoms. The van der Waals surface area contributed by atoms with Gasteiger partial charge in [0.25, 0.3) is 0 Å². The third-order valence-corrected chi connectivity index (χ3v) is 7.84. The number of rotatable bonds is 6. The first kappa shape index (κ1) is 18.7. The summed E-state index contributed by atoms with van der Waals surface area (Å²) in [4.78, 5) is 2.92. The van der Waals surface area contributed by atoms with Crippen molar-refractivity contribution in [2.24, 2.45) is 5.92 Å². The standard InChI is InChI=1S/C22H27NO3S/c24-15-17-12-20-10-11-21(13-17)23(20)14-18-6-4-5-7-19(18)16-27(25,26)22-8-2-1-3-9-22/h1-9,17,20-21,24H,10-16H2/t17?,20-,21+. The zero-order chi connectivity index (χ0) is 18.9. The molecule has 0 saturated carbocycles.